The molecule has 8 nitrogen and oxygen atoms in total. The molecular weight excluding hydrogens is 491 g/mol. The van der Waals surface area contributed by atoms with Gasteiger partial charge in [0.15, 0.2) is 0 Å². The lowest BCUT2D eigenvalue weighted by molar-refractivity contribution is 0.0515. The van der Waals surface area contributed by atoms with E-state index in [0.717, 1.165) is 5.56 Å². The Morgan fingerprint density at radius 1 is 0.818 bits per heavy atom. The van der Waals surface area contributed by atoms with Gasteiger partial charge < -0.3 is 9.47 Å². The fourth-order valence-corrected chi connectivity index (χ4v) is 2.81. The molecule has 2 aromatic heterocycles. The molecule has 0 N–H and O–H groups in total. The van der Waals surface area contributed by atoms with Crippen LogP contribution in [0.15, 0.2) is 42.7 Å². The van der Waals surface area contributed by atoms with E-state index in [1.54, 1.807) is 19.9 Å². The highest BCUT2D eigenvalue weighted by Crippen LogP contribution is 2.15. The molecular formula is C22H19Cl3N4O4. The summed E-state index contributed by atoms with van der Waals surface area (Å²) >= 11 is 16.8. The zero-order valence-corrected chi connectivity index (χ0v) is 19.9. The SMILES string of the molecule is CCOC(=O)c1cnc(Cl)nc1/C=C/c1ccccc1.CCOC(=O)c1cnc(Cl)nc1Cl. The normalized spacial score (nSPS) is 10.3. The van der Waals surface area contributed by atoms with Crippen molar-refractivity contribution in [3.8, 4) is 0 Å². The smallest absolute Gasteiger partial charge is 0.342 e. The molecule has 3 aromatic rings. The molecule has 33 heavy (non-hydrogen) atoms. The maximum atomic E-state index is 11.8. The van der Waals surface area contributed by atoms with Gasteiger partial charge in [-0.15, -0.1) is 0 Å². The first-order chi connectivity index (χ1) is 15.8. The van der Waals surface area contributed by atoms with Gasteiger partial charge in [0.05, 0.1) is 18.9 Å². The van der Waals surface area contributed by atoms with E-state index in [-0.39, 0.29) is 27.9 Å². The Morgan fingerprint density at radius 2 is 1.36 bits per heavy atom. The van der Waals surface area contributed by atoms with E-state index in [1.165, 1.54) is 12.4 Å². The van der Waals surface area contributed by atoms with E-state index in [9.17, 15) is 9.59 Å². The van der Waals surface area contributed by atoms with Crippen molar-refractivity contribution in [1.82, 2.24) is 19.9 Å². The summed E-state index contributed by atoms with van der Waals surface area (Å²) in [6.07, 6.45) is 6.17. The minimum atomic E-state index is -0.552. The predicted molar refractivity (Wildman–Crippen MR) is 126 cm³/mol. The number of carbonyl (C=O) groups is 2. The second-order valence-corrected chi connectivity index (χ2v) is 7.00. The van der Waals surface area contributed by atoms with Crippen molar-refractivity contribution in [1.29, 1.82) is 0 Å². The molecule has 0 saturated carbocycles. The molecule has 0 fully saturated rings. The van der Waals surface area contributed by atoms with Crippen molar-refractivity contribution in [3.63, 3.8) is 0 Å². The van der Waals surface area contributed by atoms with Crippen LogP contribution in [0.3, 0.4) is 0 Å². The summed E-state index contributed by atoms with van der Waals surface area (Å²) in [6, 6.07) is 9.69. The molecule has 0 spiro atoms. The number of hydrogen-bond acceptors (Lipinski definition) is 8. The Balaban J connectivity index is 0.000000257. The van der Waals surface area contributed by atoms with Crippen LogP contribution in [0.4, 0.5) is 0 Å². The number of ether oxygens (including phenoxy) is 2. The van der Waals surface area contributed by atoms with E-state index in [2.05, 4.69) is 19.9 Å². The van der Waals surface area contributed by atoms with E-state index in [0.29, 0.717) is 17.9 Å². The Bertz CT molecular complexity index is 1130. The van der Waals surface area contributed by atoms with Gasteiger partial charge in [-0.25, -0.2) is 29.5 Å². The number of aromatic nitrogens is 4. The van der Waals surface area contributed by atoms with Crippen molar-refractivity contribution in [2.24, 2.45) is 0 Å². The minimum Gasteiger partial charge on any atom is -0.462 e. The first kappa shape index (κ1) is 26.2. The molecule has 2 heterocycles. The standard InChI is InChI=1S/C15H13ClN2O2.C7H6Cl2N2O2/c1-2-20-14(19)12-10-17-15(16)18-13(12)9-8-11-6-4-3-5-7-11;1-2-13-6(12)4-3-10-7(9)11-5(4)8/h3-10H,2H2,1H3;3H,2H2,1H3/b9-8+;. The van der Waals surface area contributed by atoms with Gasteiger partial charge in [-0.05, 0) is 48.7 Å². The summed E-state index contributed by atoms with van der Waals surface area (Å²) < 4.78 is 9.67. The van der Waals surface area contributed by atoms with Crippen LogP contribution < -0.4 is 0 Å². The number of hydrogen-bond donors (Lipinski definition) is 0. The summed E-state index contributed by atoms with van der Waals surface area (Å²) in [6.45, 7) is 4.01. The van der Waals surface area contributed by atoms with Crippen LogP contribution in [0.2, 0.25) is 15.7 Å². The van der Waals surface area contributed by atoms with Gasteiger partial charge >= 0.3 is 11.9 Å². The number of halogens is 3. The first-order valence-corrected chi connectivity index (χ1v) is 10.8. The van der Waals surface area contributed by atoms with Gasteiger partial charge in [0.1, 0.15) is 16.3 Å². The summed E-state index contributed by atoms with van der Waals surface area (Å²) in [5.41, 5.74) is 1.85. The minimum absolute atomic E-state index is 0.00144. The topological polar surface area (TPSA) is 104 Å². The Hall–Kier alpha value is -3.07. The third kappa shape index (κ3) is 8.42. The number of benzene rings is 1. The molecule has 1 aromatic carbocycles. The van der Waals surface area contributed by atoms with Crippen LogP contribution in [0.5, 0.6) is 0 Å². The van der Waals surface area contributed by atoms with Gasteiger partial charge in [-0.3, -0.25) is 0 Å². The number of rotatable bonds is 6. The monoisotopic (exact) mass is 508 g/mol. The van der Waals surface area contributed by atoms with Crippen LogP contribution in [-0.2, 0) is 9.47 Å². The van der Waals surface area contributed by atoms with Crippen LogP contribution in [0, 0.1) is 0 Å². The lowest BCUT2D eigenvalue weighted by atomic mass is 10.1. The second kappa shape index (κ2) is 13.5. The lowest BCUT2D eigenvalue weighted by Crippen LogP contribution is -2.08. The zero-order chi connectivity index (χ0) is 24.2. The van der Waals surface area contributed by atoms with Crippen molar-refractivity contribution >= 4 is 58.9 Å². The van der Waals surface area contributed by atoms with Gasteiger partial charge in [-0.2, -0.15) is 0 Å². The van der Waals surface area contributed by atoms with Crippen molar-refractivity contribution < 1.29 is 19.1 Å². The van der Waals surface area contributed by atoms with Gasteiger partial charge in [0.25, 0.3) is 0 Å². The molecule has 11 heteroatoms. The van der Waals surface area contributed by atoms with Crippen LogP contribution in [0.25, 0.3) is 12.2 Å². The van der Waals surface area contributed by atoms with E-state index in [4.69, 9.17) is 44.3 Å². The Kier molecular flexibility index (Phi) is 10.7. The molecule has 3 rings (SSSR count). The maximum Gasteiger partial charge on any atom is 0.342 e. The zero-order valence-electron chi connectivity index (χ0n) is 17.7. The average molecular weight is 510 g/mol. The highest BCUT2D eigenvalue weighted by molar-refractivity contribution is 6.33. The van der Waals surface area contributed by atoms with Crippen molar-refractivity contribution in [2.45, 2.75) is 13.8 Å². The maximum absolute atomic E-state index is 11.8. The Labute approximate surface area is 205 Å². The fraction of sp³-hybridized carbons (Fsp3) is 0.182. The Morgan fingerprint density at radius 3 is 1.94 bits per heavy atom. The molecule has 0 aliphatic rings. The third-order valence-electron chi connectivity index (χ3n) is 3.73. The van der Waals surface area contributed by atoms with Crippen LogP contribution in [0.1, 0.15) is 45.8 Å². The second-order valence-electron chi connectivity index (χ2n) is 5.97. The van der Waals surface area contributed by atoms with Gasteiger partial charge in [0, 0.05) is 12.4 Å². The molecule has 0 unspecified atom stereocenters. The molecule has 172 valence electrons. The molecule has 0 aliphatic carbocycles. The lowest BCUT2D eigenvalue weighted by Gasteiger charge is -2.04. The summed E-state index contributed by atoms with van der Waals surface area (Å²) in [5.74, 6) is -1.01. The van der Waals surface area contributed by atoms with Crippen molar-refractivity contribution in [2.75, 3.05) is 13.2 Å². The largest absolute Gasteiger partial charge is 0.462 e. The molecule has 0 saturated heterocycles. The van der Waals surface area contributed by atoms with Crippen LogP contribution >= 0.6 is 34.8 Å². The predicted octanol–water partition coefficient (Wildman–Crippen LogP) is 5.44. The third-order valence-corrected chi connectivity index (χ3v) is 4.38. The van der Waals surface area contributed by atoms with E-state index >= 15 is 0 Å². The summed E-state index contributed by atoms with van der Waals surface area (Å²) in [7, 11) is 0. The number of nitrogens with zero attached hydrogens (tertiary/aromatic N) is 4. The van der Waals surface area contributed by atoms with Gasteiger partial charge in [0.2, 0.25) is 10.6 Å². The molecule has 0 bridgehead atoms. The molecule has 0 atom stereocenters. The average Bonchev–Trinajstić information content (AvgIpc) is 2.79. The molecule has 0 aliphatic heterocycles. The molecule has 0 radical (unpaired) electrons. The summed E-state index contributed by atoms with van der Waals surface area (Å²) in [5, 5.41) is 0.0854. The highest BCUT2D eigenvalue weighted by Gasteiger charge is 2.14. The highest BCUT2D eigenvalue weighted by atomic mass is 35.5. The number of esters is 2. The summed E-state index contributed by atoms with van der Waals surface area (Å²) in [4.78, 5) is 38.0. The number of carbonyl (C=O) groups excluding carboxylic acids is 2. The fourth-order valence-electron chi connectivity index (χ4n) is 2.29. The molecule has 0 amide bonds. The van der Waals surface area contributed by atoms with Gasteiger partial charge in [-0.1, -0.05) is 48.0 Å². The quantitative estimate of drug-likeness (QED) is 0.246. The first-order valence-electron chi connectivity index (χ1n) is 9.63. The van der Waals surface area contributed by atoms with E-state index in [1.807, 2.05) is 36.4 Å². The van der Waals surface area contributed by atoms with E-state index < -0.39 is 11.9 Å². The van der Waals surface area contributed by atoms with Crippen molar-refractivity contribution in [3.05, 3.63) is 80.8 Å². The van der Waals surface area contributed by atoms with Crippen LogP contribution in [-0.4, -0.2) is 45.1 Å².